The molecule has 1 amide bonds. The molecule has 128 valence electrons. The zero-order chi connectivity index (χ0) is 17.6. The van der Waals surface area contributed by atoms with Crippen molar-refractivity contribution >= 4 is 40.6 Å². The van der Waals surface area contributed by atoms with Crippen molar-refractivity contribution in [3.63, 3.8) is 0 Å². The van der Waals surface area contributed by atoms with E-state index in [1.54, 1.807) is 7.11 Å². The van der Waals surface area contributed by atoms with E-state index in [0.29, 0.717) is 4.88 Å². The van der Waals surface area contributed by atoms with Gasteiger partial charge in [0, 0.05) is 17.6 Å². The molecule has 0 saturated carbocycles. The van der Waals surface area contributed by atoms with Gasteiger partial charge >= 0.3 is 0 Å². The van der Waals surface area contributed by atoms with Gasteiger partial charge in [0.05, 0.1) is 12.0 Å². The molecule has 0 aliphatic rings. The molecule has 6 heteroatoms. The lowest BCUT2D eigenvalue weighted by Gasteiger charge is -2.07. The number of benzene rings is 2. The van der Waals surface area contributed by atoms with Crippen molar-refractivity contribution in [2.45, 2.75) is 0 Å². The lowest BCUT2D eigenvalue weighted by atomic mass is 10.1. The average Bonchev–Trinajstić information content (AvgIpc) is 3.13. The lowest BCUT2D eigenvalue weighted by molar-refractivity contribution is 0.103. The van der Waals surface area contributed by atoms with Gasteiger partial charge in [-0.15, -0.1) is 11.3 Å². The van der Waals surface area contributed by atoms with Crippen molar-refractivity contribution < 1.29 is 9.53 Å². The normalized spacial score (nSPS) is 10.3. The highest BCUT2D eigenvalue weighted by molar-refractivity contribution is 7.99. The summed E-state index contributed by atoms with van der Waals surface area (Å²) in [6.45, 7) is 0. The van der Waals surface area contributed by atoms with Gasteiger partial charge < -0.3 is 14.8 Å². The number of anilines is 2. The quantitative estimate of drug-likeness (QED) is 0.573. The summed E-state index contributed by atoms with van der Waals surface area (Å²) in [7, 11) is 1.64. The molecule has 0 fully saturated rings. The molecule has 0 spiro atoms. The second-order valence-corrected chi connectivity index (χ2v) is 6.80. The second-order valence-electron chi connectivity index (χ2n) is 5.27. The fraction of sp³-hybridized carbons (Fsp3) is 0.105. The van der Waals surface area contributed by atoms with Gasteiger partial charge in [0.1, 0.15) is 5.75 Å². The molecule has 2 N–H and O–H groups in total. The van der Waals surface area contributed by atoms with Crippen LogP contribution in [0, 0.1) is 0 Å². The minimum atomic E-state index is -0.111. The molecule has 3 rings (SSSR count). The summed E-state index contributed by atoms with van der Waals surface area (Å²) in [6, 6.07) is 17.4. The average molecular weight is 370 g/mol. The summed E-state index contributed by atoms with van der Waals surface area (Å²) in [5.74, 6) is 0.688. The number of thiophene rings is 1. The first-order valence-corrected chi connectivity index (χ1v) is 9.73. The molecule has 0 unspecified atom stereocenters. The molecule has 1 aromatic heterocycles. The molecule has 1 heterocycles. The molecule has 0 radical (unpaired) electrons. The Bertz CT molecular complexity index is 877. The third-order valence-electron chi connectivity index (χ3n) is 3.57. The number of nitrogens with one attached hydrogen (secondary N) is 2. The van der Waals surface area contributed by atoms with Gasteiger partial charge in [0.2, 0.25) is 0 Å². The molecular formula is C19H18N2O2S2. The van der Waals surface area contributed by atoms with Crippen molar-refractivity contribution in [3.05, 3.63) is 64.9 Å². The van der Waals surface area contributed by atoms with Crippen molar-refractivity contribution in [3.8, 4) is 16.9 Å². The van der Waals surface area contributed by atoms with Gasteiger partial charge in [0.25, 0.3) is 5.91 Å². The highest BCUT2D eigenvalue weighted by Gasteiger charge is 2.11. The fourth-order valence-corrected chi connectivity index (χ4v) is 3.55. The topological polar surface area (TPSA) is 50.4 Å². The van der Waals surface area contributed by atoms with Crippen LogP contribution in [-0.4, -0.2) is 19.3 Å². The molecule has 25 heavy (non-hydrogen) atoms. The Morgan fingerprint density at radius 2 is 1.84 bits per heavy atom. The predicted molar refractivity (Wildman–Crippen MR) is 108 cm³/mol. The maximum absolute atomic E-state index is 12.5. The minimum absolute atomic E-state index is 0.111. The Labute approximate surface area is 155 Å². The Balaban J connectivity index is 1.75. The van der Waals surface area contributed by atoms with Gasteiger partial charge in [-0.05, 0) is 52.9 Å². The van der Waals surface area contributed by atoms with E-state index in [9.17, 15) is 4.79 Å². The second kappa shape index (κ2) is 8.09. The van der Waals surface area contributed by atoms with Gasteiger partial charge in [0.15, 0.2) is 0 Å². The van der Waals surface area contributed by atoms with E-state index in [4.69, 9.17) is 4.74 Å². The van der Waals surface area contributed by atoms with Crippen LogP contribution < -0.4 is 14.8 Å². The first-order chi connectivity index (χ1) is 12.2. The number of methoxy groups -OCH3 is 1. The zero-order valence-electron chi connectivity index (χ0n) is 13.9. The molecule has 0 saturated heterocycles. The van der Waals surface area contributed by atoms with Crippen molar-refractivity contribution in [1.29, 1.82) is 0 Å². The minimum Gasteiger partial charge on any atom is -0.497 e. The SMILES string of the molecule is COc1cccc(-c2csc(C(=O)Nc3cccc(NSC)c3)c2)c1. The van der Waals surface area contributed by atoms with Crippen LogP contribution in [0.15, 0.2) is 60.0 Å². The van der Waals surface area contributed by atoms with E-state index in [0.717, 1.165) is 28.3 Å². The fourth-order valence-electron chi connectivity index (χ4n) is 2.38. The number of carbonyl (C=O) groups excluding carboxylic acids is 1. The summed E-state index contributed by atoms with van der Waals surface area (Å²) in [4.78, 5) is 13.2. The van der Waals surface area contributed by atoms with Crippen molar-refractivity contribution in [2.24, 2.45) is 0 Å². The molecule has 3 aromatic rings. The number of ether oxygens (including phenoxy) is 1. The van der Waals surface area contributed by atoms with Crippen LogP contribution in [0.4, 0.5) is 11.4 Å². The van der Waals surface area contributed by atoms with E-state index < -0.39 is 0 Å². The van der Waals surface area contributed by atoms with Crippen molar-refractivity contribution in [2.75, 3.05) is 23.4 Å². The van der Waals surface area contributed by atoms with E-state index in [2.05, 4.69) is 10.0 Å². The van der Waals surface area contributed by atoms with Gasteiger partial charge in [-0.3, -0.25) is 4.79 Å². The maximum atomic E-state index is 12.5. The standard InChI is InChI=1S/C19H18N2O2S2/c1-23-17-8-3-5-13(9-17)14-10-18(25-12-14)19(22)20-15-6-4-7-16(11-15)21-24-2/h3-12,21H,1-2H3,(H,20,22). The molecule has 2 aromatic carbocycles. The monoisotopic (exact) mass is 370 g/mol. The zero-order valence-corrected chi connectivity index (χ0v) is 15.5. The summed E-state index contributed by atoms with van der Waals surface area (Å²) < 4.78 is 8.41. The number of carbonyl (C=O) groups is 1. The summed E-state index contributed by atoms with van der Waals surface area (Å²) in [5, 5.41) is 4.92. The highest BCUT2D eigenvalue weighted by atomic mass is 32.2. The molecule has 4 nitrogen and oxygen atoms in total. The highest BCUT2D eigenvalue weighted by Crippen LogP contribution is 2.29. The number of rotatable bonds is 6. The van der Waals surface area contributed by atoms with Gasteiger partial charge in [-0.1, -0.05) is 30.1 Å². The first kappa shape index (κ1) is 17.4. The molecular weight excluding hydrogens is 352 g/mol. The molecule has 0 atom stereocenters. The Morgan fingerprint density at radius 3 is 2.64 bits per heavy atom. The lowest BCUT2D eigenvalue weighted by Crippen LogP contribution is -2.10. The molecule has 0 aliphatic heterocycles. The van der Waals surface area contributed by atoms with Crippen LogP contribution in [-0.2, 0) is 0 Å². The van der Waals surface area contributed by atoms with Crippen LogP contribution >= 0.6 is 23.3 Å². The van der Waals surface area contributed by atoms with Crippen LogP contribution in [0.5, 0.6) is 5.75 Å². The number of hydrogen-bond donors (Lipinski definition) is 2. The predicted octanol–water partition coefficient (Wildman–Crippen LogP) is 5.37. The van der Waals surface area contributed by atoms with Gasteiger partial charge in [-0.25, -0.2) is 0 Å². The van der Waals surface area contributed by atoms with Crippen LogP contribution in [0.1, 0.15) is 9.67 Å². The van der Waals surface area contributed by atoms with E-state index in [1.165, 1.54) is 23.3 Å². The third-order valence-corrected chi connectivity index (χ3v) is 4.94. The Hall–Kier alpha value is -2.44. The van der Waals surface area contributed by atoms with Crippen molar-refractivity contribution in [1.82, 2.24) is 0 Å². The molecule has 0 aliphatic carbocycles. The summed E-state index contributed by atoms with van der Waals surface area (Å²) >= 11 is 2.94. The first-order valence-electron chi connectivity index (χ1n) is 7.63. The largest absolute Gasteiger partial charge is 0.497 e. The van der Waals surface area contributed by atoms with Gasteiger partial charge in [-0.2, -0.15) is 0 Å². The van der Waals surface area contributed by atoms with E-state index >= 15 is 0 Å². The van der Waals surface area contributed by atoms with Crippen LogP contribution in [0.2, 0.25) is 0 Å². The Morgan fingerprint density at radius 1 is 1.04 bits per heavy atom. The Kier molecular flexibility index (Phi) is 5.63. The summed E-state index contributed by atoms with van der Waals surface area (Å²) in [6.07, 6.45) is 1.96. The maximum Gasteiger partial charge on any atom is 0.265 e. The van der Waals surface area contributed by atoms with Crippen LogP contribution in [0.25, 0.3) is 11.1 Å². The van der Waals surface area contributed by atoms with E-state index in [1.807, 2.05) is 66.2 Å². The molecule has 0 bridgehead atoms. The number of amides is 1. The third kappa shape index (κ3) is 4.35. The number of hydrogen-bond acceptors (Lipinski definition) is 5. The van der Waals surface area contributed by atoms with E-state index in [-0.39, 0.29) is 5.91 Å². The van der Waals surface area contributed by atoms with Crippen LogP contribution in [0.3, 0.4) is 0 Å². The summed E-state index contributed by atoms with van der Waals surface area (Å²) in [5.41, 5.74) is 3.75. The smallest absolute Gasteiger partial charge is 0.265 e.